The molecule has 6 nitrogen and oxygen atoms in total. The van der Waals surface area contributed by atoms with Crippen molar-refractivity contribution < 1.29 is 14.6 Å². The van der Waals surface area contributed by atoms with Gasteiger partial charge in [0.15, 0.2) is 0 Å². The Kier molecular flexibility index (Phi) is 5.01. The normalized spacial score (nSPS) is 21.0. The van der Waals surface area contributed by atoms with Gasteiger partial charge in [0.05, 0.1) is 17.4 Å². The van der Waals surface area contributed by atoms with Gasteiger partial charge in [0.1, 0.15) is 11.9 Å². The summed E-state index contributed by atoms with van der Waals surface area (Å²) in [6.45, 7) is 1.11. The minimum absolute atomic E-state index is 0.0120. The van der Waals surface area contributed by atoms with Crippen LogP contribution in [0.4, 0.5) is 0 Å². The summed E-state index contributed by atoms with van der Waals surface area (Å²) in [5, 5.41) is 14.5. The molecule has 2 heterocycles. The molecule has 5 rings (SSSR count). The molecule has 2 aromatic carbocycles. The molecular formula is C24H25N3O3. The lowest BCUT2D eigenvalue weighted by molar-refractivity contribution is 0.00636. The van der Waals surface area contributed by atoms with Crippen LogP contribution in [0.15, 0.2) is 60.9 Å². The molecule has 1 aliphatic carbocycles. The fourth-order valence-corrected chi connectivity index (χ4v) is 4.39. The largest absolute Gasteiger partial charge is 0.487 e. The highest BCUT2D eigenvalue weighted by Gasteiger charge is 2.33. The number of benzene rings is 2. The molecule has 0 unspecified atom stereocenters. The van der Waals surface area contributed by atoms with Gasteiger partial charge in [-0.05, 0) is 54.7 Å². The van der Waals surface area contributed by atoms with E-state index in [4.69, 9.17) is 4.74 Å². The molecule has 30 heavy (non-hydrogen) atoms. The first kappa shape index (κ1) is 18.9. The lowest BCUT2D eigenvalue weighted by Crippen LogP contribution is -2.35. The summed E-state index contributed by atoms with van der Waals surface area (Å²) in [5.74, 6) is 0.585. The number of aliphatic hydroxyl groups excluding tert-OH is 1. The van der Waals surface area contributed by atoms with Crippen molar-refractivity contribution in [2.45, 2.75) is 51.0 Å². The van der Waals surface area contributed by atoms with Gasteiger partial charge in [-0.2, -0.15) is 5.10 Å². The number of amides is 1. The second kappa shape index (κ2) is 7.95. The number of carbonyl (C=O) groups excluding carboxylic acids is 1. The Bertz CT molecular complexity index is 1030. The number of hydrogen-bond donors (Lipinski definition) is 1. The predicted octanol–water partition coefficient (Wildman–Crippen LogP) is 3.71. The molecule has 1 N–H and O–H groups in total. The van der Waals surface area contributed by atoms with Gasteiger partial charge in [-0.15, -0.1) is 0 Å². The highest BCUT2D eigenvalue weighted by Crippen LogP contribution is 2.34. The number of aliphatic hydroxyl groups is 1. The first-order valence-corrected chi connectivity index (χ1v) is 10.5. The molecule has 1 aliphatic heterocycles. The molecule has 1 saturated carbocycles. The van der Waals surface area contributed by atoms with Crippen molar-refractivity contribution in [1.82, 2.24) is 14.7 Å². The summed E-state index contributed by atoms with van der Waals surface area (Å²) in [7, 11) is 0. The summed E-state index contributed by atoms with van der Waals surface area (Å²) < 4.78 is 7.94. The van der Waals surface area contributed by atoms with Crippen LogP contribution in [0.3, 0.4) is 0 Å². The molecule has 1 amide bonds. The van der Waals surface area contributed by atoms with Gasteiger partial charge in [-0.25, -0.2) is 4.68 Å². The highest BCUT2D eigenvalue weighted by atomic mass is 16.5. The quantitative estimate of drug-likeness (QED) is 0.705. The third-order valence-electron chi connectivity index (χ3n) is 6.00. The van der Waals surface area contributed by atoms with E-state index in [-0.39, 0.29) is 12.0 Å². The van der Waals surface area contributed by atoms with E-state index < -0.39 is 6.10 Å². The van der Waals surface area contributed by atoms with Gasteiger partial charge in [-0.3, -0.25) is 4.79 Å². The predicted molar refractivity (Wildman–Crippen MR) is 112 cm³/mol. The Balaban J connectivity index is 1.31. The molecule has 0 bridgehead atoms. The minimum Gasteiger partial charge on any atom is -0.487 e. The van der Waals surface area contributed by atoms with Gasteiger partial charge >= 0.3 is 0 Å². The second-order valence-corrected chi connectivity index (χ2v) is 8.08. The second-order valence-electron chi connectivity index (χ2n) is 8.08. The maximum atomic E-state index is 13.2. The standard InChI is InChI=1S/C24H25N3O3/c28-20-6-1-2-7-21(20)30-22-8-3-5-18-16-26(24(29)23(18)22)15-17-9-11-19(12-10-17)27-14-4-13-25-27/h3-5,8-14,20-21,28H,1-2,6-7,15-16H2/t20-,21-/m0/s1. The zero-order valence-corrected chi connectivity index (χ0v) is 16.8. The summed E-state index contributed by atoms with van der Waals surface area (Å²) in [6.07, 6.45) is 6.61. The van der Waals surface area contributed by atoms with Crippen LogP contribution >= 0.6 is 0 Å². The average molecular weight is 403 g/mol. The lowest BCUT2D eigenvalue weighted by atomic mass is 9.94. The van der Waals surface area contributed by atoms with Crippen LogP contribution in [0.1, 0.15) is 47.2 Å². The summed E-state index contributed by atoms with van der Waals surface area (Å²) >= 11 is 0. The Labute approximate surface area is 175 Å². The van der Waals surface area contributed by atoms with Crippen LogP contribution in [0.2, 0.25) is 0 Å². The van der Waals surface area contributed by atoms with E-state index >= 15 is 0 Å². The summed E-state index contributed by atoms with van der Waals surface area (Å²) in [5.41, 5.74) is 3.68. The van der Waals surface area contributed by atoms with E-state index in [9.17, 15) is 9.90 Å². The number of nitrogens with zero attached hydrogens (tertiary/aromatic N) is 3. The van der Waals surface area contributed by atoms with Gasteiger partial charge in [-0.1, -0.05) is 30.7 Å². The number of fused-ring (bicyclic) bond motifs is 1. The molecule has 2 atom stereocenters. The molecule has 3 aromatic rings. The molecule has 0 spiro atoms. The number of ether oxygens (including phenoxy) is 1. The monoisotopic (exact) mass is 403 g/mol. The van der Waals surface area contributed by atoms with E-state index in [0.29, 0.717) is 24.4 Å². The smallest absolute Gasteiger partial charge is 0.258 e. The van der Waals surface area contributed by atoms with Crippen molar-refractivity contribution >= 4 is 5.91 Å². The molecule has 154 valence electrons. The van der Waals surface area contributed by atoms with E-state index in [2.05, 4.69) is 5.10 Å². The molecule has 2 aliphatic rings. The van der Waals surface area contributed by atoms with Crippen LogP contribution in [-0.4, -0.2) is 37.9 Å². The molecule has 1 aromatic heterocycles. The van der Waals surface area contributed by atoms with Gasteiger partial charge in [0.25, 0.3) is 5.91 Å². The van der Waals surface area contributed by atoms with Crippen molar-refractivity contribution in [3.05, 3.63) is 77.6 Å². The molecule has 0 saturated heterocycles. The van der Waals surface area contributed by atoms with E-state index in [1.807, 2.05) is 64.3 Å². The SMILES string of the molecule is O=C1c2c(cccc2O[C@H]2CCCC[C@@H]2O)CN1Cc1ccc(-n2cccn2)cc1. The zero-order valence-electron chi connectivity index (χ0n) is 16.8. The minimum atomic E-state index is -0.462. The Morgan fingerprint density at radius 2 is 1.90 bits per heavy atom. The molecular weight excluding hydrogens is 378 g/mol. The Hall–Kier alpha value is -3.12. The topological polar surface area (TPSA) is 67.6 Å². The van der Waals surface area contributed by atoms with Crippen molar-refractivity contribution in [1.29, 1.82) is 0 Å². The van der Waals surface area contributed by atoms with Crippen molar-refractivity contribution in [2.24, 2.45) is 0 Å². The van der Waals surface area contributed by atoms with Crippen LogP contribution in [0.5, 0.6) is 5.75 Å². The van der Waals surface area contributed by atoms with Crippen molar-refractivity contribution in [3.63, 3.8) is 0 Å². The van der Waals surface area contributed by atoms with Gasteiger partial charge in [0.2, 0.25) is 0 Å². The lowest BCUT2D eigenvalue weighted by Gasteiger charge is -2.28. The molecule has 6 heteroatoms. The van der Waals surface area contributed by atoms with Crippen LogP contribution in [0.25, 0.3) is 5.69 Å². The fourth-order valence-electron chi connectivity index (χ4n) is 4.39. The van der Waals surface area contributed by atoms with E-state index in [1.54, 1.807) is 6.20 Å². The van der Waals surface area contributed by atoms with Crippen LogP contribution in [0, 0.1) is 0 Å². The third-order valence-corrected chi connectivity index (χ3v) is 6.00. The Morgan fingerprint density at radius 3 is 2.67 bits per heavy atom. The van der Waals surface area contributed by atoms with Crippen molar-refractivity contribution in [2.75, 3.05) is 0 Å². The zero-order chi connectivity index (χ0) is 20.5. The summed E-state index contributed by atoms with van der Waals surface area (Å²) in [6, 6.07) is 15.7. The Morgan fingerprint density at radius 1 is 1.07 bits per heavy atom. The summed E-state index contributed by atoms with van der Waals surface area (Å²) in [4.78, 5) is 15.0. The first-order valence-electron chi connectivity index (χ1n) is 10.5. The maximum Gasteiger partial charge on any atom is 0.258 e. The van der Waals surface area contributed by atoms with Crippen LogP contribution < -0.4 is 4.74 Å². The number of rotatable bonds is 5. The van der Waals surface area contributed by atoms with Crippen LogP contribution in [-0.2, 0) is 13.1 Å². The maximum absolute atomic E-state index is 13.2. The number of carbonyl (C=O) groups is 1. The number of hydrogen-bond acceptors (Lipinski definition) is 4. The first-order chi connectivity index (χ1) is 14.7. The molecule has 0 radical (unpaired) electrons. The van der Waals surface area contributed by atoms with Gasteiger partial charge in [0, 0.05) is 25.5 Å². The fraction of sp³-hybridized carbons (Fsp3) is 0.333. The third kappa shape index (κ3) is 3.59. The highest BCUT2D eigenvalue weighted by molar-refractivity contribution is 6.01. The van der Waals surface area contributed by atoms with E-state index in [1.165, 1.54) is 0 Å². The van der Waals surface area contributed by atoms with Crippen molar-refractivity contribution in [3.8, 4) is 11.4 Å². The average Bonchev–Trinajstić information content (AvgIpc) is 3.40. The van der Waals surface area contributed by atoms with E-state index in [0.717, 1.165) is 42.5 Å². The molecule has 1 fully saturated rings. The van der Waals surface area contributed by atoms with Gasteiger partial charge < -0.3 is 14.7 Å². The number of aromatic nitrogens is 2.